The Kier molecular flexibility index (Phi) is 5.42. The summed E-state index contributed by atoms with van der Waals surface area (Å²) in [7, 11) is 0. The number of anilines is 1. The van der Waals surface area contributed by atoms with Crippen molar-refractivity contribution in [1.29, 1.82) is 0 Å². The fourth-order valence-electron chi connectivity index (χ4n) is 2.60. The number of halogens is 2. The van der Waals surface area contributed by atoms with Crippen molar-refractivity contribution >= 4 is 41.1 Å². The summed E-state index contributed by atoms with van der Waals surface area (Å²) < 4.78 is 5.91. The Morgan fingerprint density at radius 1 is 1.17 bits per heavy atom. The van der Waals surface area contributed by atoms with Gasteiger partial charge in [0, 0.05) is 16.1 Å². The molecule has 30 heavy (non-hydrogen) atoms. The molecular formula is C18H12Cl2N8O2. The van der Waals surface area contributed by atoms with E-state index < -0.39 is 5.91 Å². The first-order valence-corrected chi connectivity index (χ1v) is 9.18. The van der Waals surface area contributed by atoms with Crippen molar-refractivity contribution in [2.24, 2.45) is 5.10 Å². The van der Waals surface area contributed by atoms with E-state index in [-0.39, 0.29) is 17.3 Å². The van der Waals surface area contributed by atoms with Crippen molar-refractivity contribution in [2.75, 3.05) is 5.73 Å². The predicted octanol–water partition coefficient (Wildman–Crippen LogP) is 2.97. The predicted molar refractivity (Wildman–Crippen MR) is 111 cm³/mol. The van der Waals surface area contributed by atoms with Gasteiger partial charge >= 0.3 is 0 Å². The second-order valence-electron chi connectivity index (χ2n) is 5.90. The minimum absolute atomic E-state index is 0.000518. The third-order valence-electron chi connectivity index (χ3n) is 3.96. The van der Waals surface area contributed by atoms with E-state index in [0.29, 0.717) is 26.9 Å². The number of carbonyl (C=O) groups is 1. The molecule has 4 aromatic rings. The lowest BCUT2D eigenvalue weighted by molar-refractivity contribution is 0.0950. The highest BCUT2D eigenvalue weighted by atomic mass is 35.5. The average molecular weight is 443 g/mol. The van der Waals surface area contributed by atoms with Crippen LogP contribution in [0.15, 0.2) is 58.3 Å². The number of nitrogens with two attached hydrogens (primary N) is 1. The SMILES string of the molecule is Nc1nonc1-n1nnc(C(=O)NN=Cc2ccc(Cl)cc2Cl)c1-c1ccccc1. The molecule has 0 fully saturated rings. The smallest absolute Gasteiger partial charge is 0.294 e. The number of nitrogens with one attached hydrogen (secondary N) is 1. The number of carbonyl (C=O) groups excluding carboxylic acids is 1. The molecule has 0 radical (unpaired) electrons. The summed E-state index contributed by atoms with van der Waals surface area (Å²) in [5.41, 5.74) is 9.75. The van der Waals surface area contributed by atoms with E-state index in [4.69, 9.17) is 28.9 Å². The van der Waals surface area contributed by atoms with Gasteiger partial charge in [-0.1, -0.05) is 64.8 Å². The molecule has 0 atom stereocenters. The number of hydrogen-bond donors (Lipinski definition) is 2. The van der Waals surface area contributed by atoms with E-state index >= 15 is 0 Å². The maximum absolute atomic E-state index is 12.8. The zero-order chi connectivity index (χ0) is 21.1. The molecular weight excluding hydrogens is 431 g/mol. The van der Waals surface area contributed by atoms with E-state index in [1.165, 1.54) is 10.9 Å². The fraction of sp³-hybridized carbons (Fsp3) is 0. The Hall–Kier alpha value is -3.76. The summed E-state index contributed by atoms with van der Waals surface area (Å²) in [5.74, 6) is -0.493. The highest BCUT2D eigenvalue weighted by Gasteiger charge is 2.24. The Morgan fingerprint density at radius 2 is 1.97 bits per heavy atom. The van der Waals surface area contributed by atoms with Crippen molar-refractivity contribution in [3.8, 4) is 17.1 Å². The summed E-state index contributed by atoms with van der Waals surface area (Å²) >= 11 is 12.0. The molecule has 0 bridgehead atoms. The van der Waals surface area contributed by atoms with Crippen LogP contribution in [0.25, 0.3) is 17.1 Å². The van der Waals surface area contributed by atoms with Crippen LogP contribution in [0.3, 0.4) is 0 Å². The van der Waals surface area contributed by atoms with Gasteiger partial charge in [0.15, 0.2) is 5.69 Å². The van der Waals surface area contributed by atoms with E-state index in [9.17, 15) is 4.79 Å². The monoisotopic (exact) mass is 442 g/mol. The van der Waals surface area contributed by atoms with E-state index in [0.717, 1.165) is 0 Å². The number of amides is 1. The molecule has 12 heteroatoms. The van der Waals surface area contributed by atoms with Gasteiger partial charge in [0.25, 0.3) is 5.91 Å². The van der Waals surface area contributed by atoms with Gasteiger partial charge in [-0.05, 0) is 22.4 Å². The zero-order valence-corrected chi connectivity index (χ0v) is 16.5. The lowest BCUT2D eigenvalue weighted by atomic mass is 10.1. The number of hydrogen-bond acceptors (Lipinski definition) is 8. The molecule has 150 valence electrons. The Balaban J connectivity index is 1.67. The lowest BCUT2D eigenvalue weighted by Crippen LogP contribution is -2.19. The zero-order valence-electron chi connectivity index (χ0n) is 15.0. The number of benzene rings is 2. The highest BCUT2D eigenvalue weighted by molar-refractivity contribution is 6.36. The van der Waals surface area contributed by atoms with Crippen LogP contribution < -0.4 is 11.2 Å². The molecule has 0 unspecified atom stereocenters. The molecule has 4 rings (SSSR count). The maximum Gasteiger partial charge on any atom is 0.294 e. The molecule has 0 spiro atoms. The van der Waals surface area contributed by atoms with Gasteiger partial charge in [-0.25, -0.2) is 10.1 Å². The van der Waals surface area contributed by atoms with Gasteiger partial charge in [0.2, 0.25) is 11.6 Å². The first kappa shape index (κ1) is 19.6. The molecule has 0 aliphatic heterocycles. The summed E-state index contributed by atoms with van der Waals surface area (Å²) in [6, 6.07) is 13.9. The third-order valence-corrected chi connectivity index (χ3v) is 4.52. The normalized spacial score (nSPS) is 11.1. The van der Waals surface area contributed by atoms with Crippen LogP contribution >= 0.6 is 23.2 Å². The third kappa shape index (κ3) is 3.86. The quantitative estimate of drug-likeness (QED) is 0.357. The van der Waals surface area contributed by atoms with Gasteiger partial charge in [-0.15, -0.1) is 5.10 Å². The van der Waals surface area contributed by atoms with Crippen LogP contribution in [0.2, 0.25) is 10.0 Å². The fourth-order valence-corrected chi connectivity index (χ4v) is 3.05. The van der Waals surface area contributed by atoms with Gasteiger partial charge in [-0.3, -0.25) is 4.79 Å². The maximum atomic E-state index is 12.8. The molecule has 1 amide bonds. The number of hydrazone groups is 1. The topological polar surface area (TPSA) is 137 Å². The van der Waals surface area contributed by atoms with Crippen molar-refractivity contribution in [3.05, 3.63) is 69.8 Å². The van der Waals surface area contributed by atoms with E-state index in [2.05, 4.69) is 35.8 Å². The van der Waals surface area contributed by atoms with Crippen molar-refractivity contribution in [3.63, 3.8) is 0 Å². The molecule has 2 heterocycles. The molecule has 0 saturated carbocycles. The first-order chi connectivity index (χ1) is 14.5. The lowest BCUT2D eigenvalue weighted by Gasteiger charge is -2.05. The van der Waals surface area contributed by atoms with Crippen LogP contribution in [0.1, 0.15) is 16.1 Å². The molecule has 0 aliphatic carbocycles. The second-order valence-corrected chi connectivity index (χ2v) is 6.75. The Morgan fingerprint density at radius 3 is 2.67 bits per heavy atom. The van der Waals surface area contributed by atoms with Crippen LogP contribution in [-0.4, -0.2) is 37.4 Å². The largest absolute Gasteiger partial charge is 0.378 e. The van der Waals surface area contributed by atoms with Gasteiger partial charge in [-0.2, -0.15) is 9.78 Å². The Bertz CT molecular complexity index is 1240. The van der Waals surface area contributed by atoms with Crippen molar-refractivity contribution < 1.29 is 9.42 Å². The molecule has 0 aliphatic rings. The summed E-state index contributed by atoms with van der Waals surface area (Å²) in [5, 5.41) is 20.0. The molecule has 0 saturated heterocycles. The van der Waals surface area contributed by atoms with Crippen molar-refractivity contribution in [1.82, 2.24) is 30.7 Å². The standard InChI is InChI=1S/C18H12Cl2N8O2/c19-12-7-6-11(13(20)8-12)9-22-24-18(29)14-15(10-4-2-1-3-5-10)28(27-23-14)17-16(21)25-30-26-17/h1-9H,(H2,21,25)(H,24,29). The molecule has 10 nitrogen and oxygen atoms in total. The van der Waals surface area contributed by atoms with Crippen LogP contribution in [0.5, 0.6) is 0 Å². The number of nitrogens with zero attached hydrogens (tertiary/aromatic N) is 6. The second kappa shape index (κ2) is 8.31. The Labute approximate surface area is 179 Å². The summed E-state index contributed by atoms with van der Waals surface area (Å²) in [6.07, 6.45) is 1.39. The minimum Gasteiger partial charge on any atom is -0.378 e. The van der Waals surface area contributed by atoms with E-state index in [1.54, 1.807) is 42.5 Å². The number of nitrogen functional groups attached to an aromatic ring is 1. The van der Waals surface area contributed by atoms with Crippen molar-refractivity contribution in [2.45, 2.75) is 0 Å². The number of aromatic nitrogens is 5. The molecule has 3 N–H and O–H groups in total. The summed E-state index contributed by atoms with van der Waals surface area (Å²) in [6.45, 7) is 0. The molecule has 2 aromatic heterocycles. The molecule has 2 aromatic carbocycles. The summed E-state index contributed by atoms with van der Waals surface area (Å²) in [4.78, 5) is 12.8. The van der Waals surface area contributed by atoms with Gasteiger partial charge in [0.05, 0.1) is 11.2 Å². The number of rotatable bonds is 5. The first-order valence-electron chi connectivity index (χ1n) is 8.42. The average Bonchev–Trinajstić information content (AvgIpc) is 3.36. The van der Waals surface area contributed by atoms with Crippen LogP contribution in [0, 0.1) is 0 Å². The van der Waals surface area contributed by atoms with E-state index in [1.807, 2.05) is 6.07 Å². The van der Waals surface area contributed by atoms with Crippen LogP contribution in [-0.2, 0) is 0 Å². The van der Waals surface area contributed by atoms with Gasteiger partial charge < -0.3 is 5.73 Å². The van der Waals surface area contributed by atoms with Crippen LogP contribution in [0.4, 0.5) is 5.82 Å². The highest BCUT2D eigenvalue weighted by Crippen LogP contribution is 2.26. The van der Waals surface area contributed by atoms with Gasteiger partial charge in [0.1, 0.15) is 5.69 Å². The minimum atomic E-state index is -0.600.